The van der Waals surface area contributed by atoms with Gasteiger partial charge in [-0.3, -0.25) is 0 Å². The van der Waals surface area contributed by atoms with Crippen LogP contribution in [0.25, 0.3) is 0 Å². The zero-order chi connectivity index (χ0) is 13.9. The molecule has 5 nitrogen and oxygen atoms in total. The highest BCUT2D eigenvalue weighted by atomic mass is 16.5. The maximum Gasteiger partial charge on any atom is 0.243 e. The lowest BCUT2D eigenvalue weighted by Gasteiger charge is -2.26. The number of rotatable bonds is 4. The van der Waals surface area contributed by atoms with Gasteiger partial charge in [0.05, 0.1) is 12.1 Å². The molecular formula is C15H25N3O2. The van der Waals surface area contributed by atoms with Gasteiger partial charge in [0, 0.05) is 12.5 Å². The van der Waals surface area contributed by atoms with E-state index in [0.29, 0.717) is 24.8 Å². The molecule has 20 heavy (non-hydrogen) atoms. The highest BCUT2D eigenvalue weighted by Gasteiger charge is 2.30. The molecule has 0 spiro atoms. The standard InChI is InChI=1S/C15H25N3O2/c1-2-3-10-4-6-11(7-5-10)14-17-15(20-18-14)13-8-12(19)9-16-13/h10-13,16,19H,2-9H2,1H3/t10?,11?,12-,13-/m1/s1. The molecule has 1 aromatic heterocycles. The zero-order valence-corrected chi connectivity index (χ0v) is 12.2. The van der Waals surface area contributed by atoms with Gasteiger partial charge in [0.25, 0.3) is 0 Å². The normalized spacial score (nSPS) is 34.5. The van der Waals surface area contributed by atoms with Gasteiger partial charge in [-0.25, -0.2) is 0 Å². The predicted molar refractivity (Wildman–Crippen MR) is 75.3 cm³/mol. The molecule has 2 atom stereocenters. The van der Waals surface area contributed by atoms with E-state index >= 15 is 0 Å². The summed E-state index contributed by atoms with van der Waals surface area (Å²) in [5, 5.41) is 16.9. The molecule has 2 aliphatic rings. The molecule has 2 heterocycles. The summed E-state index contributed by atoms with van der Waals surface area (Å²) in [6, 6.07) is 0.0303. The van der Waals surface area contributed by atoms with Gasteiger partial charge in [0.15, 0.2) is 5.82 Å². The summed E-state index contributed by atoms with van der Waals surface area (Å²) in [7, 11) is 0. The second kappa shape index (κ2) is 6.22. The maximum atomic E-state index is 9.54. The lowest BCUT2D eigenvalue weighted by atomic mass is 9.80. The minimum atomic E-state index is -0.292. The van der Waals surface area contributed by atoms with E-state index in [4.69, 9.17) is 4.52 Å². The third-order valence-corrected chi connectivity index (χ3v) is 4.77. The predicted octanol–water partition coefficient (Wildman–Crippen LogP) is 2.54. The van der Waals surface area contributed by atoms with Crippen LogP contribution in [0, 0.1) is 5.92 Å². The van der Waals surface area contributed by atoms with Crippen molar-refractivity contribution in [2.75, 3.05) is 6.54 Å². The third-order valence-electron chi connectivity index (χ3n) is 4.77. The summed E-state index contributed by atoms with van der Waals surface area (Å²) in [6.07, 6.45) is 7.98. The molecule has 1 aliphatic heterocycles. The number of β-amino-alcohol motifs (C(OH)–C–C–N with tert-alkyl or cyclic N) is 1. The first kappa shape index (κ1) is 14.0. The first-order chi connectivity index (χ1) is 9.76. The second-order valence-electron chi connectivity index (χ2n) is 6.35. The van der Waals surface area contributed by atoms with Crippen LogP contribution in [0.1, 0.15) is 75.5 Å². The SMILES string of the molecule is CCCC1CCC(c2noc([C@H]3C[C@@H](O)CN3)n2)CC1. The molecule has 1 saturated carbocycles. The number of hydrogen-bond donors (Lipinski definition) is 2. The number of aliphatic hydroxyl groups excluding tert-OH is 1. The van der Waals surface area contributed by atoms with Gasteiger partial charge in [0.2, 0.25) is 5.89 Å². The Hall–Kier alpha value is -0.940. The Balaban J connectivity index is 1.57. The molecule has 1 saturated heterocycles. The first-order valence-corrected chi connectivity index (χ1v) is 8.01. The lowest BCUT2D eigenvalue weighted by molar-refractivity contribution is 0.191. The summed E-state index contributed by atoms with van der Waals surface area (Å²) in [5.41, 5.74) is 0. The Morgan fingerprint density at radius 3 is 2.75 bits per heavy atom. The van der Waals surface area contributed by atoms with Crippen LogP contribution < -0.4 is 5.32 Å². The van der Waals surface area contributed by atoms with Crippen LogP contribution in [0.4, 0.5) is 0 Å². The van der Waals surface area contributed by atoms with Crippen LogP contribution in [0.5, 0.6) is 0 Å². The van der Waals surface area contributed by atoms with E-state index in [1.165, 1.54) is 38.5 Å². The van der Waals surface area contributed by atoms with Gasteiger partial charge >= 0.3 is 0 Å². The molecule has 0 aromatic carbocycles. The van der Waals surface area contributed by atoms with Crippen LogP contribution in [-0.4, -0.2) is 27.9 Å². The number of nitrogens with one attached hydrogen (secondary N) is 1. The fourth-order valence-electron chi connectivity index (χ4n) is 3.58. The molecule has 112 valence electrons. The van der Waals surface area contributed by atoms with Crippen molar-refractivity contribution in [3.8, 4) is 0 Å². The molecular weight excluding hydrogens is 254 g/mol. The van der Waals surface area contributed by atoms with Crippen molar-refractivity contribution in [3.63, 3.8) is 0 Å². The summed E-state index contributed by atoms with van der Waals surface area (Å²) in [6.45, 7) is 2.88. The van der Waals surface area contributed by atoms with Gasteiger partial charge in [-0.15, -0.1) is 0 Å². The minimum absolute atomic E-state index is 0.0303. The van der Waals surface area contributed by atoms with Crippen LogP contribution in [-0.2, 0) is 0 Å². The average molecular weight is 279 g/mol. The first-order valence-electron chi connectivity index (χ1n) is 8.01. The highest BCUT2D eigenvalue weighted by Crippen LogP contribution is 2.36. The van der Waals surface area contributed by atoms with Crippen molar-refractivity contribution in [2.45, 2.75) is 69.9 Å². The molecule has 3 rings (SSSR count). The molecule has 0 amide bonds. The largest absolute Gasteiger partial charge is 0.392 e. The molecule has 2 N–H and O–H groups in total. The Morgan fingerprint density at radius 2 is 2.10 bits per heavy atom. The van der Waals surface area contributed by atoms with Crippen LogP contribution in [0.3, 0.4) is 0 Å². The fraction of sp³-hybridized carbons (Fsp3) is 0.867. The van der Waals surface area contributed by atoms with Gasteiger partial charge < -0.3 is 14.9 Å². The number of nitrogens with zero attached hydrogens (tertiary/aromatic N) is 2. The number of aromatic nitrogens is 2. The van der Waals surface area contributed by atoms with Crippen molar-refractivity contribution in [1.82, 2.24) is 15.5 Å². The Labute approximate surface area is 120 Å². The van der Waals surface area contributed by atoms with Crippen molar-refractivity contribution < 1.29 is 9.63 Å². The topological polar surface area (TPSA) is 71.2 Å². The van der Waals surface area contributed by atoms with Crippen molar-refractivity contribution in [3.05, 3.63) is 11.7 Å². The average Bonchev–Trinajstić information content (AvgIpc) is 3.09. The van der Waals surface area contributed by atoms with Gasteiger partial charge in [-0.1, -0.05) is 24.9 Å². The lowest BCUT2D eigenvalue weighted by Crippen LogP contribution is -2.16. The van der Waals surface area contributed by atoms with Gasteiger partial charge in [-0.05, 0) is 38.0 Å². The Bertz CT molecular complexity index is 427. The van der Waals surface area contributed by atoms with E-state index in [2.05, 4.69) is 22.4 Å². The van der Waals surface area contributed by atoms with Crippen LogP contribution in [0.15, 0.2) is 4.52 Å². The van der Waals surface area contributed by atoms with E-state index in [9.17, 15) is 5.11 Å². The van der Waals surface area contributed by atoms with E-state index in [1.54, 1.807) is 0 Å². The fourth-order valence-corrected chi connectivity index (χ4v) is 3.58. The quantitative estimate of drug-likeness (QED) is 0.886. The molecule has 1 aliphatic carbocycles. The summed E-state index contributed by atoms with van der Waals surface area (Å²) < 4.78 is 5.39. The van der Waals surface area contributed by atoms with Crippen molar-refractivity contribution >= 4 is 0 Å². The van der Waals surface area contributed by atoms with Gasteiger partial charge in [-0.2, -0.15) is 4.98 Å². The molecule has 1 aromatic rings. The highest BCUT2D eigenvalue weighted by molar-refractivity contribution is 5.02. The van der Waals surface area contributed by atoms with Crippen LogP contribution >= 0.6 is 0 Å². The third kappa shape index (κ3) is 3.04. The van der Waals surface area contributed by atoms with E-state index in [1.807, 2.05) is 0 Å². The van der Waals surface area contributed by atoms with Crippen molar-refractivity contribution in [1.29, 1.82) is 0 Å². The Morgan fingerprint density at radius 1 is 1.30 bits per heavy atom. The second-order valence-corrected chi connectivity index (χ2v) is 6.35. The number of aliphatic hydroxyl groups is 1. The summed E-state index contributed by atoms with van der Waals surface area (Å²) in [4.78, 5) is 4.57. The monoisotopic (exact) mass is 279 g/mol. The van der Waals surface area contributed by atoms with Gasteiger partial charge in [0.1, 0.15) is 0 Å². The Kier molecular flexibility index (Phi) is 4.36. The summed E-state index contributed by atoms with van der Waals surface area (Å²) in [5.74, 6) is 2.88. The van der Waals surface area contributed by atoms with E-state index < -0.39 is 0 Å². The molecule has 0 radical (unpaired) electrons. The van der Waals surface area contributed by atoms with E-state index in [-0.39, 0.29) is 12.1 Å². The van der Waals surface area contributed by atoms with Crippen LogP contribution in [0.2, 0.25) is 0 Å². The number of hydrogen-bond acceptors (Lipinski definition) is 5. The molecule has 0 unspecified atom stereocenters. The van der Waals surface area contributed by atoms with E-state index in [0.717, 1.165) is 11.7 Å². The molecule has 0 bridgehead atoms. The zero-order valence-electron chi connectivity index (χ0n) is 12.2. The molecule has 2 fully saturated rings. The molecule has 5 heteroatoms. The van der Waals surface area contributed by atoms with Crippen molar-refractivity contribution in [2.24, 2.45) is 5.92 Å². The minimum Gasteiger partial charge on any atom is -0.392 e. The summed E-state index contributed by atoms with van der Waals surface area (Å²) >= 11 is 0. The smallest absolute Gasteiger partial charge is 0.243 e. The maximum absolute atomic E-state index is 9.54.